The first-order valence-electron chi connectivity index (χ1n) is 17.5. The zero-order valence-electron chi connectivity index (χ0n) is 30.5. The number of hydrogen-bond acceptors (Lipinski definition) is 1. The summed E-state index contributed by atoms with van der Waals surface area (Å²) in [6.45, 7) is 0. The second kappa shape index (κ2) is 8.72. The molecule has 7 aromatic carbocycles. The molecular weight excluding hydrogens is 472 g/mol. The van der Waals surface area contributed by atoms with Crippen LogP contribution in [0.1, 0.15) is 13.7 Å². The van der Waals surface area contributed by atoms with Crippen LogP contribution in [-0.4, -0.2) is 0 Å². The molecule has 0 spiro atoms. The highest BCUT2D eigenvalue weighted by atomic mass is 16.3. The van der Waals surface area contributed by atoms with Crippen LogP contribution in [0, 0.1) is 0 Å². The maximum Gasteiger partial charge on any atom is 0.135 e. The molecule has 0 fully saturated rings. The van der Waals surface area contributed by atoms with Crippen molar-refractivity contribution < 1.29 is 18.1 Å². The molecule has 8 rings (SSSR count). The SMILES string of the molecule is [2H]c1c([2H])c([2H])c(-c2ccc3c(-c4ccc5oc6ccccc6c5c4)c4ccccc4c(-c4c([2H])c([2H])c([2H])c([2H])c4[2H])c3c2)c([2H])c1[2H]. The van der Waals surface area contributed by atoms with E-state index in [1.165, 1.54) is 0 Å². The second-order valence-corrected chi connectivity index (χ2v) is 9.37. The van der Waals surface area contributed by atoms with Crippen molar-refractivity contribution in [1.29, 1.82) is 0 Å². The lowest BCUT2D eigenvalue weighted by atomic mass is 9.84. The van der Waals surface area contributed by atoms with Gasteiger partial charge in [0, 0.05) is 10.8 Å². The van der Waals surface area contributed by atoms with Gasteiger partial charge in [-0.25, -0.2) is 0 Å². The van der Waals surface area contributed by atoms with Gasteiger partial charge in [-0.05, 0) is 79.2 Å². The molecule has 0 aliphatic carbocycles. The number of fused-ring (bicyclic) bond motifs is 5. The molecule has 0 saturated carbocycles. The largest absolute Gasteiger partial charge is 0.456 e. The summed E-state index contributed by atoms with van der Waals surface area (Å²) in [6, 6.07) is 22.0. The van der Waals surface area contributed by atoms with Crippen LogP contribution in [0.4, 0.5) is 0 Å². The van der Waals surface area contributed by atoms with Crippen LogP contribution in [0.15, 0.2) is 150 Å². The van der Waals surface area contributed by atoms with Crippen molar-refractivity contribution >= 4 is 43.5 Å². The third-order valence-corrected chi connectivity index (χ3v) is 7.23. The van der Waals surface area contributed by atoms with Gasteiger partial charge in [-0.2, -0.15) is 0 Å². The van der Waals surface area contributed by atoms with E-state index in [1.807, 2.05) is 66.7 Å². The topological polar surface area (TPSA) is 13.1 Å². The quantitative estimate of drug-likeness (QED) is 0.217. The average Bonchev–Trinajstić information content (AvgIpc) is 3.49. The fraction of sp³-hybridized carbons (Fsp3) is 0. The van der Waals surface area contributed by atoms with Gasteiger partial charge in [0.15, 0.2) is 0 Å². The predicted octanol–water partition coefficient (Wildman–Crippen LogP) is 10.9. The molecule has 0 radical (unpaired) electrons. The standard InChI is InChI=1S/C38H24O/c1-3-11-25(12-4-1)27-19-21-32-34(23-27)37(26-13-5-2-6-14-26)30-16-7-8-17-31(30)38(32)28-20-22-36-33(24-28)29-15-9-10-18-35(29)39-36/h1-24H/i1D,2D,3D,4D,5D,6D,11D,12D,13D,14D. The van der Waals surface area contributed by atoms with E-state index in [0.717, 1.165) is 38.5 Å². The van der Waals surface area contributed by atoms with Crippen molar-refractivity contribution in [2.45, 2.75) is 0 Å². The van der Waals surface area contributed by atoms with Crippen molar-refractivity contribution in [3.8, 4) is 33.4 Å². The van der Waals surface area contributed by atoms with Gasteiger partial charge in [-0.15, -0.1) is 0 Å². The molecule has 1 heteroatoms. The van der Waals surface area contributed by atoms with E-state index >= 15 is 0 Å². The third kappa shape index (κ3) is 3.48. The molecule has 1 heterocycles. The summed E-state index contributed by atoms with van der Waals surface area (Å²) in [7, 11) is 0. The minimum atomic E-state index is -0.510. The van der Waals surface area contributed by atoms with Crippen molar-refractivity contribution in [1.82, 2.24) is 0 Å². The summed E-state index contributed by atoms with van der Waals surface area (Å²) in [5.41, 5.74) is 3.87. The van der Waals surface area contributed by atoms with E-state index in [-0.39, 0.29) is 35.3 Å². The highest BCUT2D eigenvalue weighted by Crippen LogP contribution is 2.45. The molecule has 0 N–H and O–H groups in total. The van der Waals surface area contributed by atoms with E-state index in [1.54, 1.807) is 12.1 Å². The van der Waals surface area contributed by atoms with Crippen LogP contribution in [0.25, 0.3) is 76.9 Å². The van der Waals surface area contributed by atoms with Crippen LogP contribution < -0.4 is 0 Å². The van der Waals surface area contributed by atoms with Crippen molar-refractivity contribution in [3.05, 3.63) is 145 Å². The summed E-state index contributed by atoms with van der Waals surface area (Å²) < 4.78 is 91.2. The maximum absolute atomic E-state index is 8.94. The Labute approximate surface area is 240 Å². The van der Waals surface area contributed by atoms with E-state index in [9.17, 15) is 0 Å². The molecule has 1 nitrogen and oxygen atoms in total. The molecule has 1 aromatic heterocycles. The lowest BCUT2D eigenvalue weighted by Gasteiger charge is -2.19. The van der Waals surface area contributed by atoms with Crippen LogP contribution in [0.3, 0.4) is 0 Å². The molecule has 0 aliphatic rings. The molecule has 0 atom stereocenters. The highest BCUT2D eigenvalue weighted by molar-refractivity contribution is 6.22. The van der Waals surface area contributed by atoms with Gasteiger partial charge in [0.1, 0.15) is 11.2 Å². The van der Waals surface area contributed by atoms with Crippen LogP contribution in [0.5, 0.6) is 0 Å². The van der Waals surface area contributed by atoms with E-state index < -0.39 is 36.3 Å². The fourth-order valence-corrected chi connectivity index (χ4v) is 5.57. The first kappa shape index (κ1) is 14.1. The third-order valence-electron chi connectivity index (χ3n) is 7.23. The molecule has 8 aromatic rings. The molecule has 0 bridgehead atoms. The van der Waals surface area contributed by atoms with Gasteiger partial charge in [0.2, 0.25) is 0 Å². The predicted molar refractivity (Wildman–Crippen MR) is 165 cm³/mol. The summed E-state index contributed by atoms with van der Waals surface area (Å²) in [5, 5.41) is 4.44. The van der Waals surface area contributed by atoms with Crippen molar-refractivity contribution in [2.75, 3.05) is 0 Å². The number of para-hydroxylation sites is 1. The first-order chi connectivity index (χ1) is 23.5. The molecule has 182 valence electrons. The second-order valence-electron chi connectivity index (χ2n) is 9.37. The molecule has 0 saturated heterocycles. The number of rotatable bonds is 3. The zero-order chi connectivity index (χ0) is 34.5. The Morgan fingerprint density at radius 3 is 1.67 bits per heavy atom. The van der Waals surface area contributed by atoms with Gasteiger partial charge >= 0.3 is 0 Å². The lowest BCUT2D eigenvalue weighted by Crippen LogP contribution is -1.91. The van der Waals surface area contributed by atoms with E-state index in [2.05, 4.69) is 6.07 Å². The Morgan fingerprint density at radius 1 is 0.385 bits per heavy atom. The van der Waals surface area contributed by atoms with E-state index in [0.29, 0.717) is 27.3 Å². The Hall–Kier alpha value is -5.14. The summed E-state index contributed by atoms with van der Waals surface area (Å²) in [5.74, 6) is 0. The molecule has 39 heavy (non-hydrogen) atoms. The molecule has 0 unspecified atom stereocenters. The maximum atomic E-state index is 8.94. The molecular formula is C38H24O. The number of furan rings is 1. The Bertz CT molecular complexity index is 2670. The van der Waals surface area contributed by atoms with Gasteiger partial charge in [-0.1, -0.05) is 121 Å². The first-order valence-corrected chi connectivity index (χ1v) is 12.5. The smallest absolute Gasteiger partial charge is 0.135 e. The molecule has 0 aliphatic heterocycles. The van der Waals surface area contributed by atoms with Gasteiger partial charge in [0.05, 0.1) is 13.7 Å². The van der Waals surface area contributed by atoms with Gasteiger partial charge in [0.25, 0.3) is 0 Å². The number of hydrogen-bond donors (Lipinski definition) is 0. The minimum absolute atomic E-state index is 0.000839. The normalized spacial score (nSPS) is 15.2. The fourth-order valence-electron chi connectivity index (χ4n) is 5.57. The highest BCUT2D eigenvalue weighted by Gasteiger charge is 2.18. The Morgan fingerprint density at radius 2 is 0.923 bits per heavy atom. The zero-order valence-corrected chi connectivity index (χ0v) is 20.5. The van der Waals surface area contributed by atoms with Gasteiger partial charge in [-0.3, -0.25) is 0 Å². The Kier molecular flexibility index (Phi) is 3.16. The monoisotopic (exact) mass is 506 g/mol. The number of benzene rings is 7. The summed E-state index contributed by atoms with van der Waals surface area (Å²) in [4.78, 5) is 0. The molecule has 0 amide bonds. The summed E-state index contributed by atoms with van der Waals surface area (Å²) in [6.07, 6.45) is 0. The lowest BCUT2D eigenvalue weighted by molar-refractivity contribution is 0.669. The van der Waals surface area contributed by atoms with Gasteiger partial charge < -0.3 is 4.42 Å². The van der Waals surface area contributed by atoms with Crippen molar-refractivity contribution in [2.24, 2.45) is 0 Å². The van der Waals surface area contributed by atoms with E-state index in [4.69, 9.17) is 18.1 Å². The minimum Gasteiger partial charge on any atom is -0.456 e. The summed E-state index contributed by atoms with van der Waals surface area (Å²) >= 11 is 0. The van der Waals surface area contributed by atoms with Crippen molar-refractivity contribution in [3.63, 3.8) is 0 Å². The average molecular weight is 507 g/mol. The van der Waals surface area contributed by atoms with Crippen LogP contribution >= 0.6 is 0 Å². The van der Waals surface area contributed by atoms with Crippen LogP contribution in [-0.2, 0) is 0 Å². The van der Waals surface area contributed by atoms with Crippen LogP contribution in [0.2, 0.25) is 0 Å². The Balaban J connectivity index is 1.56.